The number of hydrogen-bond donors (Lipinski definition) is 4. The zero-order chi connectivity index (χ0) is 17.4. The molecule has 0 heterocycles. The van der Waals surface area contributed by atoms with E-state index >= 15 is 0 Å². The van der Waals surface area contributed by atoms with Gasteiger partial charge in [0, 0.05) is 5.41 Å². The lowest BCUT2D eigenvalue weighted by Gasteiger charge is -2.29. The van der Waals surface area contributed by atoms with E-state index in [4.69, 9.17) is 0 Å². The molecule has 1 spiro atoms. The van der Waals surface area contributed by atoms with Crippen LogP contribution in [0.25, 0.3) is 0 Å². The predicted octanol–water partition coefficient (Wildman–Crippen LogP) is 3.98. The van der Waals surface area contributed by atoms with Gasteiger partial charge in [-0.1, -0.05) is 20.8 Å². The zero-order valence-electron chi connectivity index (χ0n) is 14.1. The van der Waals surface area contributed by atoms with E-state index in [-0.39, 0.29) is 39.7 Å². The van der Waals surface area contributed by atoms with Crippen molar-refractivity contribution in [3.63, 3.8) is 0 Å². The molecule has 126 valence electrons. The molecular formula is C20H22O4. The summed E-state index contributed by atoms with van der Waals surface area (Å²) in [4.78, 5) is 0. The number of phenols is 4. The molecule has 4 nitrogen and oxygen atoms in total. The molecule has 4 rings (SSSR count). The fourth-order valence-corrected chi connectivity index (χ4v) is 5.06. The van der Waals surface area contributed by atoms with Crippen molar-refractivity contribution >= 4 is 0 Å². The van der Waals surface area contributed by atoms with Crippen molar-refractivity contribution in [2.75, 3.05) is 0 Å². The summed E-state index contributed by atoms with van der Waals surface area (Å²) in [6, 6.07) is 6.67. The second-order valence-electron chi connectivity index (χ2n) is 8.06. The molecule has 24 heavy (non-hydrogen) atoms. The van der Waals surface area contributed by atoms with Gasteiger partial charge in [0.05, 0.1) is 0 Å². The highest BCUT2D eigenvalue weighted by atomic mass is 16.3. The Morgan fingerprint density at radius 1 is 0.792 bits per heavy atom. The minimum Gasteiger partial charge on any atom is -0.504 e. The molecule has 0 saturated heterocycles. The number of rotatable bonds is 0. The molecule has 0 aliphatic heterocycles. The summed E-state index contributed by atoms with van der Waals surface area (Å²) >= 11 is 0. The Morgan fingerprint density at radius 2 is 1.29 bits per heavy atom. The van der Waals surface area contributed by atoms with Crippen LogP contribution in [0, 0.1) is 0 Å². The summed E-state index contributed by atoms with van der Waals surface area (Å²) in [6.07, 6.45) is 1.69. The third-order valence-electron chi connectivity index (χ3n) is 5.95. The number of fused-ring (bicyclic) bond motifs is 4. The molecule has 4 N–H and O–H groups in total. The van der Waals surface area contributed by atoms with Gasteiger partial charge < -0.3 is 20.4 Å². The van der Waals surface area contributed by atoms with Gasteiger partial charge in [-0.2, -0.15) is 0 Å². The first-order valence-corrected chi connectivity index (χ1v) is 8.29. The minimum atomic E-state index is -0.316. The van der Waals surface area contributed by atoms with Gasteiger partial charge >= 0.3 is 0 Å². The maximum absolute atomic E-state index is 10.1. The maximum Gasteiger partial charge on any atom is 0.157 e. The Hall–Kier alpha value is -2.36. The quantitative estimate of drug-likeness (QED) is 0.552. The monoisotopic (exact) mass is 326 g/mol. The molecule has 0 radical (unpaired) electrons. The molecule has 4 heteroatoms. The van der Waals surface area contributed by atoms with Gasteiger partial charge in [0.2, 0.25) is 0 Å². The van der Waals surface area contributed by atoms with Crippen LogP contribution in [0.4, 0.5) is 0 Å². The summed E-state index contributed by atoms with van der Waals surface area (Å²) in [6.45, 7) is 6.40. The Labute approximate surface area is 141 Å². The lowest BCUT2D eigenvalue weighted by Crippen LogP contribution is -2.24. The van der Waals surface area contributed by atoms with E-state index in [1.165, 1.54) is 0 Å². The van der Waals surface area contributed by atoms with Crippen molar-refractivity contribution in [3.8, 4) is 23.0 Å². The van der Waals surface area contributed by atoms with Gasteiger partial charge in [-0.25, -0.2) is 0 Å². The third-order valence-corrected chi connectivity index (χ3v) is 5.95. The average Bonchev–Trinajstić information content (AvgIpc) is 2.86. The SMILES string of the molecule is CC1CC2(CC(C)(C)c3cc(O)c(O)cc32)c2cc(O)c(O)cc21. The molecule has 0 saturated carbocycles. The van der Waals surface area contributed by atoms with E-state index in [0.717, 1.165) is 35.1 Å². The van der Waals surface area contributed by atoms with Crippen molar-refractivity contribution < 1.29 is 20.4 Å². The van der Waals surface area contributed by atoms with Crippen LogP contribution in [0.1, 0.15) is 61.8 Å². The normalized spacial score (nSPS) is 26.5. The molecular weight excluding hydrogens is 304 g/mol. The summed E-state index contributed by atoms with van der Waals surface area (Å²) < 4.78 is 0. The number of benzene rings is 2. The molecule has 2 aromatic carbocycles. The van der Waals surface area contributed by atoms with Crippen LogP contribution in [0.15, 0.2) is 24.3 Å². The lowest BCUT2D eigenvalue weighted by molar-refractivity contribution is 0.383. The molecule has 2 aliphatic rings. The van der Waals surface area contributed by atoms with Crippen molar-refractivity contribution in [1.29, 1.82) is 0 Å². The molecule has 0 bridgehead atoms. The molecule has 0 fully saturated rings. The van der Waals surface area contributed by atoms with Crippen molar-refractivity contribution in [2.45, 2.75) is 50.4 Å². The molecule has 0 aromatic heterocycles. The number of hydrogen-bond acceptors (Lipinski definition) is 4. The zero-order valence-corrected chi connectivity index (χ0v) is 14.1. The highest BCUT2D eigenvalue weighted by molar-refractivity contribution is 5.64. The first-order chi connectivity index (χ1) is 11.2. The molecule has 2 aliphatic carbocycles. The van der Waals surface area contributed by atoms with Crippen LogP contribution in [0.2, 0.25) is 0 Å². The molecule has 2 unspecified atom stereocenters. The Bertz CT molecular complexity index is 868. The van der Waals surface area contributed by atoms with Crippen LogP contribution in [-0.2, 0) is 10.8 Å². The van der Waals surface area contributed by atoms with E-state index in [0.29, 0.717) is 0 Å². The van der Waals surface area contributed by atoms with E-state index in [9.17, 15) is 20.4 Å². The number of phenolic OH excluding ortho intramolecular Hbond substituents is 4. The minimum absolute atomic E-state index is 0.0938. The lowest BCUT2D eigenvalue weighted by atomic mass is 9.74. The van der Waals surface area contributed by atoms with Crippen molar-refractivity contribution in [3.05, 3.63) is 46.5 Å². The third kappa shape index (κ3) is 1.74. The predicted molar refractivity (Wildman–Crippen MR) is 91.0 cm³/mol. The standard InChI is InChI=1S/C20H22O4/c1-10-8-20(12-5-16(22)15(21)4-11(10)12)9-19(2,3)13-6-17(23)18(24)7-14(13)20/h4-7,10,21-24H,8-9H2,1-3H3. The topological polar surface area (TPSA) is 80.9 Å². The van der Waals surface area contributed by atoms with Gasteiger partial charge in [-0.3, -0.25) is 0 Å². The van der Waals surface area contributed by atoms with Crippen LogP contribution >= 0.6 is 0 Å². The van der Waals surface area contributed by atoms with Crippen molar-refractivity contribution in [1.82, 2.24) is 0 Å². The smallest absolute Gasteiger partial charge is 0.157 e. The first kappa shape index (κ1) is 15.2. The van der Waals surface area contributed by atoms with Gasteiger partial charge in [-0.05, 0) is 70.7 Å². The highest BCUT2D eigenvalue weighted by Crippen LogP contribution is 2.63. The highest BCUT2D eigenvalue weighted by Gasteiger charge is 2.54. The summed E-state index contributed by atoms with van der Waals surface area (Å²) in [5, 5.41) is 40.0. The molecule has 0 amide bonds. The summed E-state index contributed by atoms with van der Waals surface area (Å²) in [5.74, 6) is -0.182. The number of aromatic hydroxyl groups is 4. The summed E-state index contributed by atoms with van der Waals surface area (Å²) in [5.41, 5.74) is 3.63. The Balaban J connectivity index is 2.04. The van der Waals surface area contributed by atoms with Gasteiger partial charge in [0.25, 0.3) is 0 Å². The van der Waals surface area contributed by atoms with Crippen LogP contribution in [-0.4, -0.2) is 20.4 Å². The Kier molecular flexibility index (Phi) is 2.77. The van der Waals surface area contributed by atoms with Gasteiger partial charge in [0.1, 0.15) is 0 Å². The molecule has 2 aromatic rings. The van der Waals surface area contributed by atoms with Crippen LogP contribution < -0.4 is 0 Å². The van der Waals surface area contributed by atoms with Crippen LogP contribution in [0.5, 0.6) is 23.0 Å². The second kappa shape index (κ2) is 4.38. The van der Waals surface area contributed by atoms with Crippen LogP contribution in [0.3, 0.4) is 0 Å². The summed E-state index contributed by atoms with van der Waals surface area (Å²) in [7, 11) is 0. The maximum atomic E-state index is 10.1. The van der Waals surface area contributed by atoms with E-state index in [1.54, 1.807) is 24.3 Å². The van der Waals surface area contributed by atoms with E-state index in [2.05, 4.69) is 20.8 Å². The Morgan fingerprint density at radius 3 is 1.92 bits per heavy atom. The van der Waals surface area contributed by atoms with E-state index < -0.39 is 0 Å². The van der Waals surface area contributed by atoms with Gasteiger partial charge in [-0.15, -0.1) is 0 Å². The van der Waals surface area contributed by atoms with E-state index in [1.807, 2.05) is 0 Å². The largest absolute Gasteiger partial charge is 0.504 e. The molecule has 2 atom stereocenters. The average molecular weight is 326 g/mol. The first-order valence-electron chi connectivity index (χ1n) is 8.29. The fourth-order valence-electron chi connectivity index (χ4n) is 5.06. The second-order valence-corrected chi connectivity index (χ2v) is 8.06. The fraction of sp³-hybridized carbons (Fsp3) is 0.400. The van der Waals surface area contributed by atoms with Gasteiger partial charge in [0.15, 0.2) is 23.0 Å². The van der Waals surface area contributed by atoms with Crippen molar-refractivity contribution in [2.24, 2.45) is 0 Å².